The summed E-state index contributed by atoms with van der Waals surface area (Å²) < 4.78 is 5.30. The summed E-state index contributed by atoms with van der Waals surface area (Å²) >= 11 is 5.72. The lowest BCUT2D eigenvalue weighted by molar-refractivity contribution is -0.384. The molecule has 0 atom stereocenters. The number of halogens is 1. The Morgan fingerprint density at radius 1 is 1.19 bits per heavy atom. The average Bonchev–Trinajstić information content (AvgIpc) is 2.49. The van der Waals surface area contributed by atoms with E-state index in [1.54, 1.807) is 30.3 Å². The second-order valence-corrected chi connectivity index (χ2v) is 4.73. The van der Waals surface area contributed by atoms with Crippen molar-refractivity contribution in [1.29, 1.82) is 0 Å². The topological polar surface area (TPSA) is 69.4 Å². The molecule has 0 aliphatic heterocycles. The number of rotatable bonds is 6. The number of ketones is 1. The van der Waals surface area contributed by atoms with Crippen molar-refractivity contribution in [2.24, 2.45) is 0 Å². The van der Waals surface area contributed by atoms with Gasteiger partial charge < -0.3 is 4.74 Å². The zero-order valence-corrected chi connectivity index (χ0v) is 11.7. The SMILES string of the molecule is O=C(COCc1ccc(Cl)c([N+](=O)[O-])c1)c1ccccc1. The molecule has 2 aromatic carbocycles. The second kappa shape index (κ2) is 6.97. The molecule has 0 spiro atoms. The van der Waals surface area contributed by atoms with E-state index in [0.29, 0.717) is 11.1 Å². The van der Waals surface area contributed by atoms with Crippen LogP contribution in [0.1, 0.15) is 15.9 Å². The summed E-state index contributed by atoms with van der Waals surface area (Å²) in [7, 11) is 0. The highest BCUT2D eigenvalue weighted by atomic mass is 35.5. The fraction of sp³-hybridized carbons (Fsp3) is 0.133. The molecule has 0 saturated carbocycles. The molecule has 0 amide bonds. The fourth-order valence-corrected chi connectivity index (χ4v) is 1.94. The van der Waals surface area contributed by atoms with Gasteiger partial charge in [0, 0.05) is 11.6 Å². The molecule has 21 heavy (non-hydrogen) atoms. The van der Waals surface area contributed by atoms with Gasteiger partial charge in [-0.2, -0.15) is 0 Å². The van der Waals surface area contributed by atoms with E-state index in [2.05, 4.69) is 0 Å². The van der Waals surface area contributed by atoms with Crippen molar-refractivity contribution in [2.45, 2.75) is 6.61 Å². The molecule has 0 aromatic heterocycles. The van der Waals surface area contributed by atoms with Crippen molar-refractivity contribution in [3.05, 3.63) is 74.8 Å². The Hall–Kier alpha value is -2.24. The van der Waals surface area contributed by atoms with E-state index in [4.69, 9.17) is 16.3 Å². The van der Waals surface area contributed by atoms with E-state index in [-0.39, 0.29) is 29.7 Å². The molecule has 0 aliphatic rings. The van der Waals surface area contributed by atoms with Crippen molar-refractivity contribution < 1.29 is 14.5 Å². The number of carbonyl (C=O) groups is 1. The molecular weight excluding hydrogens is 294 g/mol. The predicted octanol–water partition coefficient (Wildman–Crippen LogP) is 3.65. The molecule has 0 bridgehead atoms. The first kappa shape index (κ1) is 15.2. The Bertz CT molecular complexity index is 658. The van der Waals surface area contributed by atoms with Crippen LogP contribution in [0.4, 0.5) is 5.69 Å². The zero-order chi connectivity index (χ0) is 15.2. The minimum absolute atomic E-state index is 0.0733. The highest BCUT2D eigenvalue weighted by molar-refractivity contribution is 6.32. The first-order valence-corrected chi connectivity index (χ1v) is 6.54. The lowest BCUT2D eigenvalue weighted by atomic mass is 10.1. The number of carbonyl (C=O) groups excluding carboxylic acids is 1. The van der Waals surface area contributed by atoms with Crippen LogP contribution in [-0.4, -0.2) is 17.3 Å². The summed E-state index contributed by atoms with van der Waals surface area (Å²) in [6.07, 6.45) is 0. The minimum Gasteiger partial charge on any atom is -0.369 e. The van der Waals surface area contributed by atoms with E-state index >= 15 is 0 Å². The van der Waals surface area contributed by atoms with E-state index in [1.165, 1.54) is 12.1 Å². The van der Waals surface area contributed by atoms with Gasteiger partial charge in [-0.1, -0.05) is 48.0 Å². The Balaban J connectivity index is 1.93. The van der Waals surface area contributed by atoms with Crippen molar-refractivity contribution in [3.63, 3.8) is 0 Å². The number of benzene rings is 2. The van der Waals surface area contributed by atoms with Gasteiger partial charge in [0.1, 0.15) is 11.6 Å². The van der Waals surface area contributed by atoms with Crippen LogP contribution in [-0.2, 0) is 11.3 Å². The highest BCUT2D eigenvalue weighted by Gasteiger charge is 2.13. The Morgan fingerprint density at radius 2 is 1.90 bits per heavy atom. The molecule has 0 saturated heterocycles. The highest BCUT2D eigenvalue weighted by Crippen LogP contribution is 2.25. The molecule has 2 aromatic rings. The third kappa shape index (κ3) is 4.11. The normalized spacial score (nSPS) is 10.3. The van der Waals surface area contributed by atoms with Gasteiger partial charge in [0.05, 0.1) is 11.5 Å². The average molecular weight is 306 g/mol. The summed E-state index contributed by atoms with van der Waals surface area (Å²) in [4.78, 5) is 22.0. The van der Waals surface area contributed by atoms with Crippen molar-refractivity contribution in [2.75, 3.05) is 6.61 Å². The van der Waals surface area contributed by atoms with Gasteiger partial charge in [0.25, 0.3) is 5.69 Å². The summed E-state index contributed by atoms with van der Waals surface area (Å²) in [6.45, 7) is 0.0248. The van der Waals surface area contributed by atoms with Crippen LogP contribution >= 0.6 is 11.6 Å². The zero-order valence-electron chi connectivity index (χ0n) is 11.0. The van der Waals surface area contributed by atoms with E-state index in [0.717, 1.165) is 0 Å². The van der Waals surface area contributed by atoms with Crippen LogP contribution in [0.5, 0.6) is 0 Å². The van der Waals surface area contributed by atoms with Gasteiger partial charge in [-0.25, -0.2) is 0 Å². The molecule has 0 fully saturated rings. The lowest BCUT2D eigenvalue weighted by Crippen LogP contribution is -2.09. The summed E-state index contributed by atoms with van der Waals surface area (Å²) in [5, 5.41) is 10.8. The summed E-state index contributed by atoms with van der Waals surface area (Å²) in [5.41, 5.74) is 0.985. The molecule has 5 nitrogen and oxygen atoms in total. The largest absolute Gasteiger partial charge is 0.369 e. The van der Waals surface area contributed by atoms with E-state index in [1.807, 2.05) is 6.07 Å². The van der Waals surface area contributed by atoms with Crippen LogP contribution in [0.2, 0.25) is 5.02 Å². The fourth-order valence-electron chi connectivity index (χ4n) is 1.76. The van der Waals surface area contributed by atoms with Gasteiger partial charge in [0.15, 0.2) is 5.78 Å². The van der Waals surface area contributed by atoms with E-state index < -0.39 is 4.92 Å². The smallest absolute Gasteiger partial charge is 0.288 e. The quantitative estimate of drug-likeness (QED) is 0.464. The molecular formula is C15H12ClNO4. The Kier molecular flexibility index (Phi) is 5.03. The van der Waals surface area contributed by atoms with Crippen molar-refractivity contribution in [3.8, 4) is 0 Å². The Morgan fingerprint density at radius 3 is 2.57 bits per heavy atom. The maximum absolute atomic E-state index is 11.8. The Labute approximate surface area is 126 Å². The van der Waals surface area contributed by atoms with E-state index in [9.17, 15) is 14.9 Å². The molecule has 6 heteroatoms. The van der Waals surface area contributed by atoms with Crippen LogP contribution in [0.25, 0.3) is 0 Å². The van der Waals surface area contributed by atoms with Crippen LogP contribution in [0.3, 0.4) is 0 Å². The number of Topliss-reactive ketones (excluding diaryl/α,β-unsaturated/α-hetero) is 1. The molecule has 0 radical (unpaired) electrons. The second-order valence-electron chi connectivity index (χ2n) is 4.32. The number of nitrogens with zero attached hydrogens (tertiary/aromatic N) is 1. The van der Waals surface area contributed by atoms with Crippen molar-refractivity contribution in [1.82, 2.24) is 0 Å². The first-order chi connectivity index (χ1) is 10.1. The van der Waals surface area contributed by atoms with Gasteiger partial charge >= 0.3 is 0 Å². The van der Waals surface area contributed by atoms with Crippen LogP contribution < -0.4 is 0 Å². The van der Waals surface area contributed by atoms with Crippen LogP contribution in [0, 0.1) is 10.1 Å². The maximum atomic E-state index is 11.8. The van der Waals surface area contributed by atoms with Crippen molar-refractivity contribution >= 4 is 23.1 Å². The summed E-state index contributed by atoms with van der Waals surface area (Å²) in [5.74, 6) is -0.140. The molecule has 0 aliphatic carbocycles. The van der Waals surface area contributed by atoms with Gasteiger partial charge in [-0.3, -0.25) is 14.9 Å². The first-order valence-electron chi connectivity index (χ1n) is 6.17. The number of hydrogen-bond acceptors (Lipinski definition) is 4. The maximum Gasteiger partial charge on any atom is 0.288 e. The van der Waals surface area contributed by atoms with Gasteiger partial charge in [-0.05, 0) is 11.6 Å². The lowest BCUT2D eigenvalue weighted by Gasteiger charge is -2.05. The number of ether oxygens (including phenoxy) is 1. The monoisotopic (exact) mass is 305 g/mol. The third-order valence-electron chi connectivity index (χ3n) is 2.80. The molecule has 0 heterocycles. The standard InChI is InChI=1S/C15H12ClNO4/c16-13-7-6-11(8-14(13)17(19)20)9-21-10-15(18)12-4-2-1-3-5-12/h1-8H,9-10H2. The van der Waals surface area contributed by atoms with Gasteiger partial charge in [0.2, 0.25) is 0 Å². The molecule has 2 rings (SSSR count). The third-order valence-corrected chi connectivity index (χ3v) is 3.12. The van der Waals surface area contributed by atoms with Crippen LogP contribution in [0.15, 0.2) is 48.5 Å². The molecule has 0 N–H and O–H groups in total. The minimum atomic E-state index is -0.555. The number of hydrogen-bond donors (Lipinski definition) is 0. The molecule has 0 unspecified atom stereocenters. The van der Waals surface area contributed by atoms with Gasteiger partial charge in [-0.15, -0.1) is 0 Å². The molecule has 108 valence electrons. The predicted molar refractivity (Wildman–Crippen MR) is 78.5 cm³/mol. The summed E-state index contributed by atoms with van der Waals surface area (Å²) in [6, 6.07) is 13.2. The number of nitro groups is 1. The number of nitro benzene ring substituents is 1.